The van der Waals surface area contributed by atoms with E-state index in [0.717, 1.165) is 11.6 Å². The fourth-order valence-corrected chi connectivity index (χ4v) is 2.28. The van der Waals surface area contributed by atoms with E-state index in [0.29, 0.717) is 0 Å². The molecular formula is C17H15ClFNO4. The second kappa shape index (κ2) is 8.31. The normalized spacial score (nSPS) is 11.6. The number of carboxylic acid groups (broad SMARTS) is 1. The van der Waals surface area contributed by atoms with Gasteiger partial charge < -0.3 is 15.2 Å². The molecule has 7 heteroatoms. The highest BCUT2D eigenvalue weighted by Gasteiger charge is 2.22. The minimum Gasteiger partial charge on any atom is -0.481 e. The van der Waals surface area contributed by atoms with Gasteiger partial charge in [-0.3, -0.25) is 4.79 Å². The molecule has 2 aromatic carbocycles. The van der Waals surface area contributed by atoms with E-state index in [9.17, 15) is 14.0 Å². The zero-order valence-electron chi connectivity index (χ0n) is 12.5. The van der Waals surface area contributed by atoms with Gasteiger partial charge in [0.2, 0.25) is 0 Å². The lowest BCUT2D eigenvalue weighted by Crippen LogP contribution is -2.31. The number of amides is 1. The fraction of sp³-hybridized carbons (Fsp3) is 0.176. The number of benzene rings is 2. The van der Waals surface area contributed by atoms with Crippen LogP contribution in [0.2, 0.25) is 5.02 Å². The van der Waals surface area contributed by atoms with Gasteiger partial charge in [-0.05, 0) is 23.8 Å². The number of carboxylic acids is 1. The van der Waals surface area contributed by atoms with Gasteiger partial charge in [-0.2, -0.15) is 0 Å². The summed E-state index contributed by atoms with van der Waals surface area (Å²) in [5.74, 6) is -1.85. The van der Waals surface area contributed by atoms with Crippen LogP contribution in [-0.4, -0.2) is 17.2 Å². The molecule has 1 atom stereocenters. The van der Waals surface area contributed by atoms with Crippen molar-refractivity contribution in [3.8, 4) is 0 Å². The largest absolute Gasteiger partial charge is 0.481 e. The second-order valence-corrected chi connectivity index (χ2v) is 5.46. The number of halogens is 2. The van der Waals surface area contributed by atoms with Gasteiger partial charge in [0.15, 0.2) is 0 Å². The van der Waals surface area contributed by atoms with E-state index >= 15 is 0 Å². The van der Waals surface area contributed by atoms with Crippen molar-refractivity contribution in [1.82, 2.24) is 5.32 Å². The minimum atomic E-state index is -1.19. The maximum atomic E-state index is 13.9. The number of rotatable bonds is 6. The van der Waals surface area contributed by atoms with Crippen LogP contribution in [-0.2, 0) is 16.1 Å². The summed E-state index contributed by atoms with van der Waals surface area (Å²) in [5, 5.41) is 11.6. The maximum absolute atomic E-state index is 13.9. The van der Waals surface area contributed by atoms with Crippen LogP contribution in [0.3, 0.4) is 0 Å². The summed E-state index contributed by atoms with van der Waals surface area (Å²) in [6.07, 6.45) is -1.35. The first-order valence-corrected chi connectivity index (χ1v) is 7.47. The van der Waals surface area contributed by atoms with Crippen LogP contribution in [0.5, 0.6) is 0 Å². The molecule has 0 radical (unpaired) electrons. The summed E-state index contributed by atoms with van der Waals surface area (Å²) in [6.45, 7) is 0.0183. The third kappa shape index (κ3) is 5.24. The number of ether oxygens (including phenoxy) is 1. The Labute approximate surface area is 143 Å². The van der Waals surface area contributed by atoms with Crippen molar-refractivity contribution in [1.29, 1.82) is 0 Å². The number of nitrogens with one attached hydrogen (secondary N) is 1. The lowest BCUT2D eigenvalue weighted by atomic mass is 10.0. The molecule has 0 aliphatic carbocycles. The monoisotopic (exact) mass is 351 g/mol. The summed E-state index contributed by atoms with van der Waals surface area (Å²) in [4.78, 5) is 22.9. The van der Waals surface area contributed by atoms with Crippen molar-refractivity contribution in [3.05, 3.63) is 70.5 Å². The molecule has 0 bridgehead atoms. The molecule has 0 saturated heterocycles. The molecule has 2 rings (SSSR count). The van der Waals surface area contributed by atoms with Crippen LogP contribution in [0.1, 0.15) is 23.6 Å². The van der Waals surface area contributed by atoms with Crippen molar-refractivity contribution in [2.24, 2.45) is 0 Å². The molecule has 2 N–H and O–H groups in total. The molecule has 2 aromatic rings. The van der Waals surface area contributed by atoms with Crippen LogP contribution < -0.4 is 5.32 Å². The Hall–Kier alpha value is -2.60. The summed E-state index contributed by atoms with van der Waals surface area (Å²) in [6, 6.07) is 11.6. The molecule has 0 aliphatic heterocycles. The summed E-state index contributed by atoms with van der Waals surface area (Å²) in [5.41, 5.74) is 0.762. The van der Waals surface area contributed by atoms with Crippen molar-refractivity contribution in [2.45, 2.75) is 19.1 Å². The van der Waals surface area contributed by atoms with Gasteiger partial charge in [-0.25, -0.2) is 9.18 Å². The third-order valence-corrected chi connectivity index (χ3v) is 3.45. The minimum absolute atomic E-state index is 0.0124. The van der Waals surface area contributed by atoms with E-state index in [4.69, 9.17) is 21.4 Å². The zero-order chi connectivity index (χ0) is 17.5. The maximum Gasteiger partial charge on any atom is 0.407 e. The average molecular weight is 352 g/mol. The molecule has 0 aromatic heterocycles. The number of hydrogen-bond acceptors (Lipinski definition) is 3. The van der Waals surface area contributed by atoms with Gasteiger partial charge in [0, 0.05) is 10.6 Å². The van der Waals surface area contributed by atoms with Crippen molar-refractivity contribution < 1.29 is 23.8 Å². The molecular weight excluding hydrogens is 337 g/mol. The standard InChI is InChI=1S/C17H15ClFNO4/c18-12-6-7-14(19)13(8-12)15(9-16(21)22)20-17(23)24-10-11-4-2-1-3-5-11/h1-8,15H,9-10H2,(H,20,23)(H,21,22)/t15-/m1/s1. The molecule has 24 heavy (non-hydrogen) atoms. The average Bonchev–Trinajstić information content (AvgIpc) is 2.55. The highest BCUT2D eigenvalue weighted by atomic mass is 35.5. The topological polar surface area (TPSA) is 75.6 Å². The Kier molecular flexibility index (Phi) is 6.14. The van der Waals surface area contributed by atoms with E-state index in [1.54, 1.807) is 24.3 Å². The van der Waals surface area contributed by atoms with Crippen LogP contribution >= 0.6 is 11.6 Å². The van der Waals surface area contributed by atoms with Gasteiger partial charge in [-0.15, -0.1) is 0 Å². The predicted molar refractivity (Wildman–Crippen MR) is 86.2 cm³/mol. The van der Waals surface area contributed by atoms with Gasteiger partial charge in [-0.1, -0.05) is 41.9 Å². The summed E-state index contributed by atoms with van der Waals surface area (Å²) >= 11 is 5.82. The first kappa shape index (κ1) is 17.7. The van der Waals surface area contributed by atoms with E-state index in [-0.39, 0.29) is 17.2 Å². The van der Waals surface area contributed by atoms with Crippen LogP contribution in [0, 0.1) is 5.82 Å². The van der Waals surface area contributed by atoms with Crippen molar-refractivity contribution >= 4 is 23.7 Å². The van der Waals surface area contributed by atoms with Crippen molar-refractivity contribution in [3.63, 3.8) is 0 Å². The number of hydrogen-bond donors (Lipinski definition) is 2. The Balaban J connectivity index is 2.06. The van der Waals surface area contributed by atoms with E-state index < -0.39 is 30.3 Å². The lowest BCUT2D eigenvalue weighted by molar-refractivity contribution is -0.137. The van der Waals surface area contributed by atoms with Gasteiger partial charge >= 0.3 is 12.1 Å². The van der Waals surface area contributed by atoms with Crippen LogP contribution in [0.15, 0.2) is 48.5 Å². The second-order valence-electron chi connectivity index (χ2n) is 5.02. The van der Waals surface area contributed by atoms with E-state index in [1.807, 2.05) is 6.07 Å². The molecule has 0 spiro atoms. The molecule has 1 amide bonds. The number of carbonyl (C=O) groups is 2. The first-order valence-electron chi connectivity index (χ1n) is 7.09. The van der Waals surface area contributed by atoms with E-state index in [2.05, 4.69) is 5.32 Å². The summed E-state index contributed by atoms with van der Waals surface area (Å²) < 4.78 is 19.0. The Morgan fingerprint density at radius 3 is 2.58 bits per heavy atom. The third-order valence-electron chi connectivity index (χ3n) is 3.22. The predicted octanol–water partition coefficient (Wildman–Crippen LogP) is 3.92. The Morgan fingerprint density at radius 2 is 1.92 bits per heavy atom. The SMILES string of the molecule is O=C(O)C[C@@H](NC(=O)OCc1ccccc1)c1cc(Cl)ccc1F. The molecule has 0 aliphatic rings. The molecule has 0 saturated carbocycles. The number of carbonyl (C=O) groups excluding carboxylic acids is 1. The Bertz CT molecular complexity index is 724. The van der Waals surface area contributed by atoms with Crippen molar-refractivity contribution in [2.75, 3.05) is 0 Å². The Morgan fingerprint density at radius 1 is 1.21 bits per heavy atom. The molecule has 0 unspecified atom stereocenters. The fourth-order valence-electron chi connectivity index (χ4n) is 2.10. The lowest BCUT2D eigenvalue weighted by Gasteiger charge is -2.18. The zero-order valence-corrected chi connectivity index (χ0v) is 13.3. The summed E-state index contributed by atoms with van der Waals surface area (Å²) in [7, 11) is 0. The van der Waals surface area contributed by atoms with E-state index in [1.165, 1.54) is 12.1 Å². The molecule has 5 nitrogen and oxygen atoms in total. The molecule has 126 valence electrons. The van der Waals surface area contributed by atoms with Gasteiger partial charge in [0.25, 0.3) is 0 Å². The smallest absolute Gasteiger partial charge is 0.407 e. The van der Waals surface area contributed by atoms with Gasteiger partial charge in [0.05, 0.1) is 12.5 Å². The number of aliphatic carboxylic acids is 1. The highest BCUT2D eigenvalue weighted by Crippen LogP contribution is 2.24. The number of alkyl carbamates (subject to hydrolysis) is 1. The first-order chi connectivity index (χ1) is 11.5. The highest BCUT2D eigenvalue weighted by molar-refractivity contribution is 6.30. The molecule has 0 heterocycles. The van der Waals surface area contributed by atoms with Crippen LogP contribution in [0.4, 0.5) is 9.18 Å². The van der Waals surface area contributed by atoms with Crippen LogP contribution in [0.25, 0.3) is 0 Å². The van der Waals surface area contributed by atoms with Gasteiger partial charge in [0.1, 0.15) is 12.4 Å². The quantitative estimate of drug-likeness (QED) is 0.827. The molecule has 0 fully saturated rings.